The Morgan fingerprint density at radius 2 is 2.28 bits per heavy atom. The highest BCUT2D eigenvalue weighted by Gasteiger charge is 2.25. The van der Waals surface area contributed by atoms with Crippen LogP contribution in [0.1, 0.15) is 19.0 Å². The van der Waals surface area contributed by atoms with Crippen LogP contribution in [0.4, 0.5) is 5.82 Å². The van der Waals surface area contributed by atoms with Gasteiger partial charge in [-0.05, 0) is 6.92 Å². The van der Waals surface area contributed by atoms with Gasteiger partial charge in [0.25, 0.3) is 5.78 Å². The standard InChI is InChI=1S/C12H15N5O/c1-8-6-16(4-3-10(8)18)11-5-9(2)15-12-13-7-14-17(11)12/h5,7-8H,3-4,6H2,1-2H3. The van der Waals surface area contributed by atoms with Gasteiger partial charge in [0.1, 0.15) is 17.9 Å². The first-order valence-electron chi connectivity index (χ1n) is 6.10. The lowest BCUT2D eigenvalue weighted by molar-refractivity contribution is -0.122. The molecule has 2 aromatic heterocycles. The van der Waals surface area contributed by atoms with Crippen molar-refractivity contribution >= 4 is 17.4 Å². The van der Waals surface area contributed by atoms with Gasteiger partial charge in [0.05, 0.1) is 0 Å². The van der Waals surface area contributed by atoms with E-state index in [0.29, 0.717) is 18.0 Å². The minimum absolute atomic E-state index is 0.0748. The van der Waals surface area contributed by atoms with Crippen LogP contribution in [-0.4, -0.2) is 38.5 Å². The van der Waals surface area contributed by atoms with Crippen LogP contribution in [0.25, 0.3) is 5.78 Å². The number of aryl methyl sites for hydroxylation is 1. The molecule has 3 rings (SSSR count). The van der Waals surface area contributed by atoms with Crippen molar-refractivity contribution in [3.63, 3.8) is 0 Å². The monoisotopic (exact) mass is 245 g/mol. The van der Waals surface area contributed by atoms with Gasteiger partial charge < -0.3 is 4.90 Å². The predicted octanol–water partition coefficient (Wildman–Crippen LogP) is 0.848. The van der Waals surface area contributed by atoms with Gasteiger partial charge in [-0.3, -0.25) is 4.79 Å². The normalized spacial score (nSPS) is 20.7. The molecule has 0 bridgehead atoms. The minimum atomic E-state index is 0.0748. The third kappa shape index (κ3) is 1.73. The van der Waals surface area contributed by atoms with E-state index in [0.717, 1.165) is 24.6 Å². The molecule has 0 aromatic carbocycles. The number of anilines is 1. The Morgan fingerprint density at radius 1 is 1.44 bits per heavy atom. The van der Waals surface area contributed by atoms with Crippen LogP contribution in [0, 0.1) is 12.8 Å². The summed E-state index contributed by atoms with van der Waals surface area (Å²) in [5.41, 5.74) is 0.912. The van der Waals surface area contributed by atoms with Crippen molar-refractivity contribution in [1.29, 1.82) is 0 Å². The number of hydrogen-bond donors (Lipinski definition) is 0. The Hall–Kier alpha value is -1.98. The molecule has 94 valence electrons. The van der Waals surface area contributed by atoms with Gasteiger partial charge in [0.15, 0.2) is 0 Å². The van der Waals surface area contributed by atoms with Crippen LogP contribution in [-0.2, 0) is 4.79 Å². The van der Waals surface area contributed by atoms with E-state index in [4.69, 9.17) is 0 Å². The summed E-state index contributed by atoms with van der Waals surface area (Å²) in [6, 6.07) is 1.99. The fraction of sp³-hybridized carbons (Fsp3) is 0.500. The number of carbonyl (C=O) groups is 1. The number of piperidine rings is 1. The summed E-state index contributed by atoms with van der Waals surface area (Å²) >= 11 is 0. The maximum absolute atomic E-state index is 11.6. The van der Waals surface area contributed by atoms with Crippen molar-refractivity contribution in [2.75, 3.05) is 18.0 Å². The molecule has 1 aliphatic rings. The summed E-state index contributed by atoms with van der Waals surface area (Å²) in [5, 5.41) is 4.20. The summed E-state index contributed by atoms with van der Waals surface area (Å²) in [7, 11) is 0. The molecule has 0 spiro atoms. The first-order chi connectivity index (χ1) is 8.65. The van der Waals surface area contributed by atoms with Crippen molar-refractivity contribution in [1.82, 2.24) is 19.6 Å². The van der Waals surface area contributed by atoms with Gasteiger partial charge in [-0.1, -0.05) is 6.92 Å². The van der Waals surface area contributed by atoms with Crippen LogP contribution >= 0.6 is 0 Å². The molecule has 1 aliphatic heterocycles. The van der Waals surface area contributed by atoms with E-state index in [2.05, 4.69) is 20.0 Å². The fourth-order valence-electron chi connectivity index (χ4n) is 2.36. The largest absolute Gasteiger partial charge is 0.355 e. The third-order valence-electron chi connectivity index (χ3n) is 3.36. The highest BCUT2D eigenvalue weighted by atomic mass is 16.1. The zero-order chi connectivity index (χ0) is 12.7. The molecule has 0 saturated carbocycles. The Balaban J connectivity index is 2.03. The molecule has 1 saturated heterocycles. The number of hydrogen-bond acceptors (Lipinski definition) is 5. The van der Waals surface area contributed by atoms with Crippen LogP contribution < -0.4 is 4.90 Å². The van der Waals surface area contributed by atoms with Gasteiger partial charge >= 0.3 is 0 Å². The van der Waals surface area contributed by atoms with Crippen molar-refractivity contribution < 1.29 is 4.79 Å². The van der Waals surface area contributed by atoms with E-state index in [9.17, 15) is 4.79 Å². The van der Waals surface area contributed by atoms with Gasteiger partial charge in [-0.15, -0.1) is 0 Å². The summed E-state index contributed by atoms with van der Waals surface area (Å²) in [5.74, 6) is 1.99. The zero-order valence-electron chi connectivity index (χ0n) is 10.5. The minimum Gasteiger partial charge on any atom is -0.355 e. The maximum Gasteiger partial charge on any atom is 0.254 e. The molecule has 6 nitrogen and oxygen atoms in total. The maximum atomic E-state index is 11.6. The van der Waals surface area contributed by atoms with Gasteiger partial charge in [0.2, 0.25) is 0 Å². The molecule has 0 aliphatic carbocycles. The molecule has 1 atom stereocenters. The van der Waals surface area contributed by atoms with Crippen LogP contribution in [0.3, 0.4) is 0 Å². The second kappa shape index (κ2) is 4.04. The highest BCUT2D eigenvalue weighted by Crippen LogP contribution is 2.21. The molecule has 0 N–H and O–H groups in total. The smallest absolute Gasteiger partial charge is 0.254 e. The average Bonchev–Trinajstić information content (AvgIpc) is 2.79. The molecule has 3 heterocycles. The van der Waals surface area contributed by atoms with Crippen LogP contribution in [0.5, 0.6) is 0 Å². The topological polar surface area (TPSA) is 63.4 Å². The first kappa shape index (κ1) is 11.1. The fourth-order valence-corrected chi connectivity index (χ4v) is 2.36. The second-order valence-electron chi connectivity index (χ2n) is 4.79. The summed E-state index contributed by atoms with van der Waals surface area (Å²) in [6.07, 6.45) is 2.10. The number of Topliss-reactive ketones (excluding diaryl/α,β-unsaturated/α-hetero) is 1. The Bertz CT molecular complexity index is 606. The lowest BCUT2D eigenvalue weighted by Gasteiger charge is -2.31. The number of carbonyl (C=O) groups excluding carboxylic acids is 1. The lowest BCUT2D eigenvalue weighted by Crippen LogP contribution is -2.40. The van der Waals surface area contributed by atoms with E-state index in [1.807, 2.05) is 19.9 Å². The quantitative estimate of drug-likeness (QED) is 0.745. The summed E-state index contributed by atoms with van der Waals surface area (Å²) < 4.78 is 1.73. The van der Waals surface area contributed by atoms with E-state index in [1.54, 1.807) is 4.52 Å². The van der Waals surface area contributed by atoms with E-state index < -0.39 is 0 Å². The molecule has 6 heteroatoms. The van der Waals surface area contributed by atoms with Gasteiger partial charge in [0, 0.05) is 37.2 Å². The third-order valence-corrected chi connectivity index (χ3v) is 3.36. The van der Waals surface area contributed by atoms with Crippen LogP contribution in [0.2, 0.25) is 0 Å². The Labute approximate surface area is 105 Å². The molecule has 2 aromatic rings. The molecular formula is C12H15N5O. The molecule has 1 fully saturated rings. The number of aromatic nitrogens is 4. The number of rotatable bonds is 1. The van der Waals surface area contributed by atoms with E-state index >= 15 is 0 Å². The molecule has 1 unspecified atom stereocenters. The lowest BCUT2D eigenvalue weighted by atomic mass is 9.99. The van der Waals surface area contributed by atoms with Crippen LogP contribution in [0.15, 0.2) is 12.4 Å². The van der Waals surface area contributed by atoms with E-state index in [1.165, 1.54) is 6.33 Å². The van der Waals surface area contributed by atoms with Gasteiger partial charge in [-0.2, -0.15) is 14.6 Å². The number of ketones is 1. The molecule has 0 amide bonds. The van der Waals surface area contributed by atoms with Crippen molar-refractivity contribution in [2.24, 2.45) is 5.92 Å². The summed E-state index contributed by atoms with van der Waals surface area (Å²) in [4.78, 5) is 22.2. The van der Waals surface area contributed by atoms with Crippen molar-refractivity contribution in [3.05, 3.63) is 18.1 Å². The molecule has 0 radical (unpaired) electrons. The highest BCUT2D eigenvalue weighted by molar-refractivity contribution is 5.83. The predicted molar refractivity (Wildman–Crippen MR) is 66.5 cm³/mol. The van der Waals surface area contributed by atoms with Crippen molar-refractivity contribution in [3.8, 4) is 0 Å². The SMILES string of the molecule is Cc1cc(N2CCC(=O)C(C)C2)n2ncnc2n1. The average molecular weight is 245 g/mol. The number of nitrogens with zero attached hydrogens (tertiary/aromatic N) is 5. The van der Waals surface area contributed by atoms with Gasteiger partial charge in [-0.25, -0.2) is 4.98 Å². The molecule has 18 heavy (non-hydrogen) atoms. The number of fused-ring (bicyclic) bond motifs is 1. The second-order valence-corrected chi connectivity index (χ2v) is 4.79. The first-order valence-corrected chi connectivity index (χ1v) is 6.10. The summed E-state index contributed by atoms with van der Waals surface area (Å²) in [6.45, 7) is 5.39. The Morgan fingerprint density at radius 3 is 3.06 bits per heavy atom. The molecular weight excluding hydrogens is 230 g/mol. The Kier molecular flexibility index (Phi) is 2.50. The zero-order valence-corrected chi connectivity index (χ0v) is 10.5. The van der Waals surface area contributed by atoms with E-state index in [-0.39, 0.29) is 5.92 Å². The van der Waals surface area contributed by atoms with Crippen molar-refractivity contribution in [2.45, 2.75) is 20.3 Å².